The zero-order chi connectivity index (χ0) is 22.4. The summed E-state index contributed by atoms with van der Waals surface area (Å²) in [5.74, 6) is -0.311. The van der Waals surface area contributed by atoms with Crippen molar-refractivity contribution in [3.05, 3.63) is 64.7 Å². The number of benzene rings is 2. The Morgan fingerprint density at radius 2 is 1.81 bits per heavy atom. The number of rotatable bonds is 9. The van der Waals surface area contributed by atoms with Gasteiger partial charge in [-0.2, -0.15) is 4.31 Å². The number of aryl methyl sites for hydroxylation is 3. The van der Waals surface area contributed by atoms with Crippen LogP contribution >= 0.6 is 0 Å². The molecule has 0 unspecified atom stereocenters. The van der Waals surface area contributed by atoms with Gasteiger partial charge < -0.3 is 10.1 Å². The maximum Gasteiger partial charge on any atom is 0.244 e. The summed E-state index contributed by atoms with van der Waals surface area (Å²) in [4.78, 5) is 12.9. The summed E-state index contributed by atoms with van der Waals surface area (Å²) in [6.07, 6.45) is 2.45. The molecule has 7 heteroatoms. The van der Waals surface area contributed by atoms with E-state index >= 15 is 0 Å². The maximum atomic E-state index is 13.6. The second kappa shape index (κ2) is 10.4. The van der Waals surface area contributed by atoms with E-state index in [-0.39, 0.29) is 30.0 Å². The first-order valence-electron chi connectivity index (χ1n) is 10.8. The Morgan fingerprint density at radius 1 is 1.13 bits per heavy atom. The van der Waals surface area contributed by atoms with Crippen LogP contribution in [-0.4, -0.2) is 51.0 Å². The quantitative estimate of drug-likeness (QED) is 0.645. The number of amides is 1. The number of sulfonamides is 1. The number of hydrogen-bond donors (Lipinski definition) is 1. The Morgan fingerprint density at radius 3 is 2.42 bits per heavy atom. The van der Waals surface area contributed by atoms with Gasteiger partial charge in [0.05, 0.1) is 17.5 Å². The largest absolute Gasteiger partial charge is 0.376 e. The number of ether oxygens (including phenoxy) is 1. The molecule has 6 nitrogen and oxygen atoms in total. The number of carbonyl (C=O) groups is 1. The van der Waals surface area contributed by atoms with Gasteiger partial charge >= 0.3 is 0 Å². The van der Waals surface area contributed by atoms with Gasteiger partial charge in [0.15, 0.2) is 0 Å². The highest BCUT2D eigenvalue weighted by atomic mass is 32.2. The Balaban J connectivity index is 1.80. The first-order valence-corrected chi connectivity index (χ1v) is 12.2. The molecule has 0 saturated carbocycles. The molecule has 3 rings (SSSR count). The van der Waals surface area contributed by atoms with Crippen LogP contribution in [0, 0.1) is 20.8 Å². The molecule has 1 atom stereocenters. The highest BCUT2D eigenvalue weighted by Gasteiger charge is 2.30. The third kappa shape index (κ3) is 6.15. The summed E-state index contributed by atoms with van der Waals surface area (Å²) in [6, 6.07) is 13.4. The topological polar surface area (TPSA) is 75.7 Å². The molecule has 1 aliphatic rings. The molecule has 2 aromatic carbocycles. The minimum atomic E-state index is -3.84. The van der Waals surface area contributed by atoms with Crippen LogP contribution in [0.4, 0.5) is 0 Å². The molecule has 31 heavy (non-hydrogen) atoms. The molecule has 0 aromatic heterocycles. The Labute approximate surface area is 185 Å². The van der Waals surface area contributed by atoms with Crippen molar-refractivity contribution in [1.82, 2.24) is 9.62 Å². The predicted octanol–water partition coefficient (Wildman–Crippen LogP) is 3.14. The number of hydrogen-bond acceptors (Lipinski definition) is 4. The standard InChI is InChI=1S/C24H32N2O4S/c1-18-14-19(2)24(20(3)15-18)31(28,29)26(12-11-21-8-5-4-6-9-21)17-23(27)25-16-22-10-7-13-30-22/h4-6,8-9,14-15,22H,7,10-13,16-17H2,1-3H3,(H,25,27)/t22-/m1/s1. The molecule has 0 radical (unpaired) electrons. The fourth-order valence-corrected chi connectivity index (χ4v) is 5.94. The Kier molecular flexibility index (Phi) is 7.86. The molecule has 1 fully saturated rings. The first-order chi connectivity index (χ1) is 14.8. The molecule has 168 valence electrons. The van der Waals surface area contributed by atoms with Crippen molar-refractivity contribution in [1.29, 1.82) is 0 Å². The van der Waals surface area contributed by atoms with Crippen LogP contribution < -0.4 is 5.32 Å². The van der Waals surface area contributed by atoms with Gasteiger partial charge in [-0.1, -0.05) is 48.0 Å². The minimum Gasteiger partial charge on any atom is -0.376 e. The van der Waals surface area contributed by atoms with Gasteiger partial charge in [0.2, 0.25) is 15.9 Å². The number of carbonyl (C=O) groups excluding carboxylic acids is 1. The monoisotopic (exact) mass is 444 g/mol. The summed E-state index contributed by atoms with van der Waals surface area (Å²) in [6.45, 7) is 6.70. The molecule has 0 spiro atoms. The molecule has 1 N–H and O–H groups in total. The fourth-order valence-electron chi connectivity index (χ4n) is 4.13. The van der Waals surface area contributed by atoms with Crippen LogP contribution in [0.25, 0.3) is 0 Å². The average molecular weight is 445 g/mol. The molecule has 1 aliphatic heterocycles. The van der Waals surface area contributed by atoms with Crippen LogP contribution in [0.15, 0.2) is 47.4 Å². The van der Waals surface area contributed by atoms with E-state index in [2.05, 4.69) is 5.32 Å². The highest BCUT2D eigenvalue weighted by molar-refractivity contribution is 7.89. The van der Waals surface area contributed by atoms with Crippen molar-refractivity contribution in [2.24, 2.45) is 0 Å². The molecule has 1 saturated heterocycles. The van der Waals surface area contributed by atoms with Crippen molar-refractivity contribution in [2.75, 3.05) is 26.2 Å². The second-order valence-corrected chi connectivity index (χ2v) is 10.1. The molecule has 0 bridgehead atoms. The van der Waals surface area contributed by atoms with Crippen molar-refractivity contribution in [3.8, 4) is 0 Å². The van der Waals surface area contributed by atoms with E-state index in [1.165, 1.54) is 4.31 Å². The van der Waals surface area contributed by atoms with E-state index in [0.717, 1.165) is 24.0 Å². The minimum absolute atomic E-state index is 0.0138. The van der Waals surface area contributed by atoms with E-state index in [0.29, 0.717) is 30.7 Å². The lowest BCUT2D eigenvalue weighted by Crippen LogP contribution is -2.43. The summed E-state index contributed by atoms with van der Waals surface area (Å²) in [5.41, 5.74) is 3.43. The third-order valence-electron chi connectivity index (χ3n) is 5.57. The molecule has 0 aliphatic carbocycles. The van der Waals surface area contributed by atoms with Crippen molar-refractivity contribution >= 4 is 15.9 Å². The zero-order valence-corrected chi connectivity index (χ0v) is 19.4. The van der Waals surface area contributed by atoms with Gasteiger partial charge in [-0.3, -0.25) is 4.79 Å². The van der Waals surface area contributed by atoms with Gasteiger partial charge in [-0.15, -0.1) is 0 Å². The molecule has 1 amide bonds. The summed E-state index contributed by atoms with van der Waals surface area (Å²) in [7, 11) is -3.84. The lowest BCUT2D eigenvalue weighted by atomic mass is 10.1. The van der Waals surface area contributed by atoms with E-state index < -0.39 is 10.0 Å². The van der Waals surface area contributed by atoms with Crippen LogP contribution in [0.3, 0.4) is 0 Å². The van der Waals surface area contributed by atoms with Crippen LogP contribution in [-0.2, 0) is 26.0 Å². The molecule has 1 heterocycles. The van der Waals surface area contributed by atoms with Crippen LogP contribution in [0.1, 0.15) is 35.1 Å². The van der Waals surface area contributed by atoms with Gasteiger partial charge in [-0.05, 0) is 56.7 Å². The third-order valence-corrected chi connectivity index (χ3v) is 7.72. The van der Waals surface area contributed by atoms with Crippen LogP contribution in [0.2, 0.25) is 0 Å². The second-order valence-electron chi connectivity index (χ2n) is 8.24. The lowest BCUT2D eigenvalue weighted by molar-refractivity contribution is -0.121. The van der Waals surface area contributed by atoms with Crippen LogP contribution in [0.5, 0.6) is 0 Å². The maximum absolute atomic E-state index is 13.6. The SMILES string of the molecule is Cc1cc(C)c(S(=O)(=O)N(CCc2ccccc2)CC(=O)NC[C@H]2CCCO2)c(C)c1. The van der Waals surface area contributed by atoms with Gasteiger partial charge in [0, 0.05) is 19.7 Å². The average Bonchev–Trinajstić information content (AvgIpc) is 3.23. The zero-order valence-electron chi connectivity index (χ0n) is 18.6. The predicted molar refractivity (Wildman–Crippen MR) is 122 cm³/mol. The fraction of sp³-hybridized carbons (Fsp3) is 0.458. The molecule has 2 aromatic rings. The van der Waals surface area contributed by atoms with E-state index in [9.17, 15) is 13.2 Å². The molecular weight excluding hydrogens is 412 g/mol. The summed E-state index contributed by atoms with van der Waals surface area (Å²) >= 11 is 0. The van der Waals surface area contributed by atoms with E-state index in [1.54, 1.807) is 13.8 Å². The summed E-state index contributed by atoms with van der Waals surface area (Å²) in [5, 5.41) is 2.85. The summed E-state index contributed by atoms with van der Waals surface area (Å²) < 4.78 is 34.1. The normalized spacial score (nSPS) is 16.6. The van der Waals surface area contributed by atoms with Crippen molar-refractivity contribution in [2.45, 2.75) is 51.0 Å². The lowest BCUT2D eigenvalue weighted by Gasteiger charge is -2.24. The smallest absolute Gasteiger partial charge is 0.244 e. The highest BCUT2D eigenvalue weighted by Crippen LogP contribution is 2.25. The number of nitrogens with one attached hydrogen (secondary N) is 1. The number of nitrogens with zero attached hydrogens (tertiary/aromatic N) is 1. The van der Waals surface area contributed by atoms with Gasteiger partial charge in [0.25, 0.3) is 0 Å². The Bertz CT molecular complexity index is 976. The van der Waals surface area contributed by atoms with Crippen molar-refractivity contribution < 1.29 is 17.9 Å². The van der Waals surface area contributed by atoms with Gasteiger partial charge in [-0.25, -0.2) is 8.42 Å². The van der Waals surface area contributed by atoms with Crippen molar-refractivity contribution in [3.63, 3.8) is 0 Å². The first kappa shape index (κ1) is 23.4. The van der Waals surface area contributed by atoms with Gasteiger partial charge in [0.1, 0.15) is 0 Å². The molecular formula is C24H32N2O4S. The van der Waals surface area contributed by atoms with E-state index in [1.807, 2.05) is 49.4 Å². The Hall–Kier alpha value is -2.22. The van der Waals surface area contributed by atoms with E-state index in [4.69, 9.17) is 4.74 Å².